The minimum atomic E-state index is -0.00734. The van der Waals surface area contributed by atoms with E-state index in [0.29, 0.717) is 37.9 Å². The van der Waals surface area contributed by atoms with Crippen molar-refractivity contribution in [3.8, 4) is 0 Å². The molecule has 0 radical (unpaired) electrons. The van der Waals surface area contributed by atoms with Gasteiger partial charge in [0.25, 0.3) is 0 Å². The highest BCUT2D eigenvalue weighted by Crippen LogP contribution is 2.22. The minimum absolute atomic E-state index is 0.00734. The van der Waals surface area contributed by atoms with Crippen LogP contribution in [0, 0.1) is 11.8 Å². The molecule has 0 saturated heterocycles. The molecule has 0 aliphatic heterocycles. The van der Waals surface area contributed by atoms with Crippen LogP contribution in [0.1, 0.15) is 291 Å². The summed E-state index contributed by atoms with van der Waals surface area (Å²) >= 11 is 0. The standard InChI is InChI=1S/C58H116N2O5/c1-6-11-16-21-24-27-36-46-60(49-39-52-61)51-50-59(47-37-28-34-44-57(62)64-53-55(40-30-19-14-9-4)42-32-25-22-17-12-7-2)48-38-29-35-45-58(63)65-54-56(41-31-20-15-10-5)43-33-26-23-18-13-8-3/h55-56,61H,6-54H2,1-5H3. The Labute approximate surface area is 406 Å². The van der Waals surface area contributed by atoms with Gasteiger partial charge in [0.05, 0.1) is 13.2 Å². The van der Waals surface area contributed by atoms with Gasteiger partial charge < -0.3 is 24.4 Å². The molecule has 0 amide bonds. The molecule has 0 aromatic heterocycles. The summed E-state index contributed by atoms with van der Waals surface area (Å²) in [5.41, 5.74) is 0. The van der Waals surface area contributed by atoms with Gasteiger partial charge >= 0.3 is 11.9 Å². The van der Waals surface area contributed by atoms with Gasteiger partial charge in [-0.1, -0.05) is 214 Å². The topological polar surface area (TPSA) is 79.3 Å². The van der Waals surface area contributed by atoms with Crippen LogP contribution in [-0.2, 0) is 19.1 Å². The Morgan fingerprint density at radius 3 is 0.923 bits per heavy atom. The fraction of sp³-hybridized carbons (Fsp3) is 0.966. The van der Waals surface area contributed by atoms with Crippen LogP contribution >= 0.6 is 0 Å². The number of carbonyl (C=O) groups excluding carboxylic acids is 2. The first-order chi connectivity index (χ1) is 31.9. The number of hydrogen-bond donors (Lipinski definition) is 1. The smallest absolute Gasteiger partial charge is 0.305 e. The lowest BCUT2D eigenvalue weighted by molar-refractivity contribution is -0.146. The van der Waals surface area contributed by atoms with Gasteiger partial charge in [-0.05, 0) is 95.7 Å². The van der Waals surface area contributed by atoms with Crippen molar-refractivity contribution in [1.29, 1.82) is 0 Å². The number of rotatable bonds is 54. The molecular weight excluding hydrogens is 805 g/mol. The average molecular weight is 922 g/mol. The van der Waals surface area contributed by atoms with E-state index < -0.39 is 0 Å². The number of esters is 2. The lowest BCUT2D eigenvalue weighted by atomic mass is 9.95. The predicted octanol–water partition coefficient (Wildman–Crippen LogP) is 16.6. The molecule has 7 nitrogen and oxygen atoms in total. The second-order valence-corrected chi connectivity index (χ2v) is 20.4. The van der Waals surface area contributed by atoms with E-state index in [1.54, 1.807) is 0 Å². The molecule has 2 unspecified atom stereocenters. The number of ether oxygens (including phenoxy) is 2. The molecule has 0 aromatic carbocycles. The van der Waals surface area contributed by atoms with Crippen molar-refractivity contribution in [2.75, 3.05) is 59.1 Å². The number of carbonyl (C=O) groups is 2. The predicted molar refractivity (Wildman–Crippen MR) is 282 cm³/mol. The van der Waals surface area contributed by atoms with Crippen molar-refractivity contribution in [1.82, 2.24) is 9.80 Å². The normalized spacial score (nSPS) is 12.7. The fourth-order valence-electron chi connectivity index (χ4n) is 9.44. The van der Waals surface area contributed by atoms with Crippen LogP contribution in [-0.4, -0.2) is 85.9 Å². The van der Waals surface area contributed by atoms with Gasteiger partial charge in [-0.25, -0.2) is 0 Å². The summed E-state index contributed by atoms with van der Waals surface area (Å²) in [7, 11) is 0. The molecule has 0 fully saturated rings. The molecule has 7 heteroatoms. The Morgan fingerprint density at radius 2 is 0.600 bits per heavy atom. The first-order valence-electron chi connectivity index (χ1n) is 29.3. The van der Waals surface area contributed by atoms with Gasteiger partial charge in [-0.3, -0.25) is 9.59 Å². The Kier molecular flexibility index (Phi) is 51.2. The molecule has 1 N–H and O–H groups in total. The average Bonchev–Trinajstić information content (AvgIpc) is 3.31. The molecule has 0 saturated carbocycles. The summed E-state index contributed by atoms with van der Waals surface area (Å²) in [6.45, 7) is 19.1. The summed E-state index contributed by atoms with van der Waals surface area (Å²) in [6.07, 6.45) is 48.0. The number of aliphatic hydroxyl groups is 1. The molecule has 0 aliphatic carbocycles. The van der Waals surface area contributed by atoms with Gasteiger partial charge in [0.1, 0.15) is 0 Å². The highest BCUT2D eigenvalue weighted by molar-refractivity contribution is 5.69. The van der Waals surface area contributed by atoms with E-state index in [4.69, 9.17) is 9.47 Å². The summed E-state index contributed by atoms with van der Waals surface area (Å²) in [4.78, 5) is 31.0. The summed E-state index contributed by atoms with van der Waals surface area (Å²) in [6, 6.07) is 0. The Hall–Kier alpha value is -1.18. The number of unbranched alkanes of at least 4 members (excludes halogenated alkanes) is 26. The number of aliphatic hydroxyl groups excluding tert-OH is 1. The van der Waals surface area contributed by atoms with Gasteiger partial charge in [-0.2, -0.15) is 0 Å². The molecule has 0 spiro atoms. The van der Waals surface area contributed by atoms with Crippen molar-refractivity contribution in [2.24, 2.45) is 11.8 Å². The number of hydrogen-bond acceptors (Lipinski definition) is 7. The first-order valence-corrected chi connectivity index (χ1v) is 29.3. The van der Waals surface area contributed by atoms with Crippen molar-refractivity contribution >= 4 is 11.9 Å². The molecular formula is C58H116N2O5. The van der Waals surface area contributed by atoms with E-state index in [1.807, 2.05) is 0 Å². The Morgan fingerprint density at radius 1 is 0.338 bits per heavy atom. The van der Waals surface area contributed by atoms with E-state index in [9.17, 15) is 14.7 Å². The van der Waals surface area contributed by atoms with Crippen LogP contribution < -0.4 is 0 Å². The van der Waals surface area contributed by atoms with E-state index in [-0.39, 0.29) is 18.5 Å². The zero-order chi connectivity index (χ0) is 47.5. The van der Waals surface area contributed by atoms with Crippen LogP contribution in [0.3, 0.4) is 0 Å². The van der Waals surface area contributed by atoms with Gasteiger partial charge in [0, 0.05) is 39.1 Å². The van der Waals surface area contributed by atoms with E-state index >= 15 is 0 Å². The maximum atomic E-state index is 12.9. The molecule has 388 valence electrons. The summed E-state index contributed by atoms with van der Waals surface area (Å²) in [5.74, 6) is 1.02. The monoisotopic (exact) mass is 921 g/mol. The van der Waals surface area contributed by atoms with Gasteiger partial charge in [0.15, 0.2) is 0 Å². The summed E-state index contributed by atoms with van der Waals surface area (Å²) < 4.78 is 11.8. The third kappa shape index (κ3) is 46.3. The van der Waals surface area contributed by atoms with Gasteiger partial charge in [-0.15, -0.1) is 0 Å². The van der Waals surface area contributed by atoms with Crippen molar-refractivity contribution in [3.05, 3.63) is 0 Å². The zero-order valence-electron chi connectivity index (χ0n) is 44.8. The second-order valence-electron chi connectivity index (χ2n) is 20.4. The highest BCUT2D eigenvalue weighted by atomic mass is 16.5. The largest absolute Gasteiger partial charge is 0.465 e. The molecule has 0 aliphatic rings. The lowest BCUT2D eigenvalue weighted by Crippen LogP contribution is -2.37. The minimum Gasteiger partial charge on any atom is -0.465 e. The first kappa shape index (κ1) is 63.8. The Bertz CT molecular complexity index is 906. The second kappa shape index (κ2) is 52.2. The molecule has 0 bridgehead atoms. The van der Waals surface area contributed by atoms with Crippen molar-refractivity contribution in [2.45, 2.75) is 291 Å². The fourth-order valence-corrected chi connectivity index (χ4v) is 9.44. The molecule has 0 aromatic rings. The molecule has 0 heterocycles. The van der Waals surface area contributed by atoms with E-state index in [2.05, 4.69) is 44.4 Å². The SMILES string of the molecule is CCCCCCCCCN(CCCO)CCN(CCCCCC(=O)OCC(CCCCCC)CCCCCCCC)CCCCCC(=O)OCC(CCCCCC)CCCCCCCC. The molecule has 2 atom stereocenters. The van der Waals surface area contributed by atoms with Crippen LogP contribution in [0.2, 0.25) is 0 Å². The maximum Gasteiger partial charge on any atom is 0.305 e. The van der Waals surface area contributed by atoms with Crippen LogP contribution in [0.4, 0.5) is 0 Å². The maximum absolute atomic E-state index is 12.9. The third-order valence-electron chi connectivity index (χ3n) is 14.0. The van der Waals surface area contributed by atoms with Crippen molar-refractivity contribution in [3.63, 3.8) is 0 Å². The number of nitrogens with zero attached hydrogens (tertiary/aromatic N) is 2. The van der Waals surface area contributed by atoms with E-state index in [0.717, 1.165) is 84.2 Å². The van der Waals surface area contributed by atoms with E-state index in [1.165, 1.54) is 199 Å². The van der Waals surface area contributed by atoms with Crippen LogP contribution in [0.25, 0.3) is 0 Å². The summed E-state index contributed by atoms with van der Waals surface area (Å²) in [5, 5.41) is 9.65. The van der Waals surface area contributed by atoms with Crippen LogP contribution in [0.15, 0.2) is 0 Å². The lowest BCUT2D eigenvalue weighted by Gasteiger charge is -2.28. The molecule has 65 heavy (non-hydrogen) atoms. The highest BCUT2D eigenvalue weighted by Gasteiger charge is 2.15. The van der Waals surface area contributed by atoms with Gasteiger partial charge in [0.2, 0.25) is 0 Å². The zero-order valence-corrected chi connectivity index (χ0v) is 44.8. The third-order valence-corrected chi connectivity index (χ3v) is 14.0. The Balaban J connectivity index is 5.03. The van der Waals surface area contributed by atoms with Crippen molar-refractivity contribution < 1.29 is 24.2 Å². The van der Waals surface area contributed by atoms with Crippen LogP contribution in [0.5, 0.6) is 0 Å². The molecule has 0 rings (SSSR count). The quantitative estimate of drug-likeness (QED) is 0.0481.